The maximum absolute atomic E-state index is 12.9. The molecule has 1 aromatic heterocycles. The maximum Gasteiger partial charge on any atom is 0.293 e. The third-order valence-electron chi connectivity index (χ3n) is 5.73. The summed E-state index contributed by atoms with van der Waals surface area (Å²) in [6, 6.07) is 21.1. The van der Waals surface area contributed by atoms with E-state index in [0.717, 1.165) is 10.8 Å². The standard InChI is InChI=1S/C26H18N2O3/c1-16(28-13-12-17-6-2-3-7-18(17)15-28)26(31)27-19-10-11-22-23(14-19)25(30)21-9-5-4-8-20(21)24(22)29/h2-16H,1H3/p+1/t16-/m1/s1. The molecule has 4 aromatic rings. The molecule has 0 aliphatic heterocycles. The van der Waals surface area contributed by atoms with E-state index in [4.69, 9.17) is 0 Å². The number of amides is 1. The van der Waals surface area contributed by atoms with Gasteiger partial charge in [0.2, 0.25) is 6.04 Å². The van der Waals surface area contributed by atoms with Crippen LogP contribution in [0.15, 0.2) is 85.2 Å². The molecule has 5 nitrogen and oxygen atoms in total. The summed E-state index contributed by atoms with van der Waals surface area (Å²) in [7, 11) is 0. The molecule has 1 aliphatic rings. The Balaban J connectivity index is 1.42. The summed E-state index contributed by atoms with van der Waals surface area (Å²) >= 11 is 0. The largest absolute Gasteiger partial charge is 0.320 e. The smallest absolute Gasteiger partial charge is 0.293 e. The maximum atomic E-state index is 12.9. The van der Waals surface area contributed by atoms with Gasteiger partial charge in [0.05, 0.1) is 0 Å². The minimum Gasteiger partial charge on any atom is -0.320 e. The number of hydrogen-bond donors (Lipinski definition) is 1. The fraction of sp³-hybridized carbons (Fsp3) is 0.0769. The number of nitrogens with zero attached hydrogens (tertiary/aromatic N) is 1. The molecular weight excluding hydrogens is 388 g/mol. The second-order valence-electron chi connectivity index (χ2n) is 7.65. The van der Waals surface area contributed by atoms with Crippen LogP contribution in [0.2, 0.25) is 0 Å². The van der Waals surface area contributed by atoms with E-state index in [9.17, 15) is 14.4 Å². The first-order valence-electron chi connectivity index (χ1n) is 10.1. The third kappa shape index (κ3) is 3.20. The van der Waals surface area contributed by atoms with E-state index in [1.807, 2.05) is 54.2 Å². The number of nitrogens with one attached hydrogen (secondary N) is 1. The van der Waals surface area contributed by atoms with Gasteiger partial charge < -0.3 is 5.32 Å². The molecule has 0 saturated heterocycles. The van der Waals surface area contributed by atoms with Crippen LogP contribution in [0.4, 0.5) is 5.69 Å². The van der Waals surface area contributed by atoms with Crippen molar-refractivity contribution >= 4 is 33.9 Å². The molecule has 1 N–H and O–H groups in total. The van der Waals surface area contributed by atoms with Gasteiger partial charge in [-0.2, -0.15) is 4.57 Å². The number of rotatable bonds is 3. The highest BCUT2D eigenvalue weighted by atomic mass is 16.2. The Morgan fingerprint density at radius 1 is 0.774 bits per heavy atom. The molecule has 1 amide bonds. The van der Waals surface area contributed by atoms with Crippen molar-refractivity contribution in [3.05, 3.63) is 107 Å². The molecule has 1 aliphatic carbocycles. The molecule has 0 saturated carbocycles. The number of aromatic nitrogens is 1. The van der Waals surface area contributed by atoms with E-state index < -0.39 is 6.04 Å². The Kier molecular flexibility index (Phi) is 4.44. The van der Waals surface area contributed by atoms with Crippen LogP contribution in [0.25, 0.3) is 10.8 Å². The first kappa shape index (κ1) is 18.9. The first-order chi connectivity index (χ1) is 15.0. The predicted molar refractivity (Wildman–Crippen MR) is 117 cm³/mol. The minimum absolute atomic E-state index is 0.178. The molecule has 150 valence electrons. The second kappa shape index (κ2) is 7.29. The van der Waals surface area contributed by atoms with Gasteiger partial charge in [-0.05, 0) is 29.7 Å². The van der Waals surface area contributed by atoms with Crippen LogP contribution in [-0.4, -0.2) is 17.5 Å². The van der Waals surface area contributed by atoms with Crippen LogP contribution in [0.1, 0.15) is 44.8 Å². The SMILES string of the molecule is C[C@H](C(=O)Nc1ccc2c(c1)C(=O)c1ccccc1C2=O)[n+]1ccc2ccccc2c1. The van der Waals surface area contributed by atoms with Gasteiger partial charge >= 0.3 is 0 Å². The van der Waals surface area contributed by atoms with Crippen molar-refractivity contribution < 1.29 is 19.0 Å². The van der Waals surface area contributed by atoms with E-state index >= 15 is 0 Å². The van der Waals surface area contributed by atoms with Gasteiger partial charge in [-0.25, -0.2) is 0 Å². The van der Waals surface area contributed by atoms with Crippen molar-refractivity contribution in [3.63, 3.8) is 0 Å². The van der Waals surface area contributed by atoms with Crippen LogP contribution in [0.3, 0.4) is 0 Å². The minimum atomic E-state index is -0.460. The third-order valence-corrected chi connectivity index (χ3v) is 5.73. The number of anilines is 1. The topological polar surface area (TPSA) is 67.1 Å². The molecule has 0 radical (unpaired) electrons. The number of fused-ring (bicyclic) bond motifs is 3. The van der Waals surface area contributed by atoms with Crippen LogP contribution in [0.5, 0.6) is 0 Å². The van der Waals surface area contributed by atoms with Crippen molar-refractivity contribution in [2.75, 3.05) is 5.32 Å². The average Bonchev–Trinajstić information content (AvgIpc) is 2.81. The van der Waals surface area contributed by atoms with E-state index in [2.05, 4.69) is 5.32 Å². The summed E-state index contributed by atoms with van der Waals surface area (Å²) in [6.45, 7) is 1.81. The first-order valence-corrected chi connectivity index (χ1v) is 10.1. The summed E-state index contributed by atoms with van der Waals surface area (Å²) in [5, 5.41) is 5.02. The molecule has 0 bridgehead atoms. The van der Waals surface area contributed by atoms with Gasteiger partial charge in [-0.3, -0.25) is 14.4 Å². The van der Waals surface area contributed by atoms with Gasteiger partial charge in [-0.1, -0.05) is 42.5 Å². The molecule has 1 heterocycles. The Hall–Kier alpha value is -4.12. The predicted octanol–water partition coefficient (Wildman–Crippen LogP) is 4.10. The second-order valence-corrected chi connectivity index (χ2v) is 7.65. The zero-order valence-corrected chi connectivity index (χ0v) is 16.8. The van der Waals surface area contributed by atoms with E-state index in [0.29, 0.717) is 27.9 Å². The average molecular weight is 407 g/mol. The zero-order valence-electron chi connectivity index (χ0n) is 16.8. The van der Waals surface area contributed by atoms with Gasteiger partial charge in [0.15, 0.2) is 24.0 Å². The Labute approximate surface area is 179 Å². The van der Waals surface area contributed by atoms with Gasteiger partial charge in [-0.15, -0.1) is 0 Å². The zero-order chi connectivity index (χ0) is 21.5. The summed E-state index contributed by atoms with van der Waals surface area (Å²) in [5.41, 5.74) is 1.96. The number of hydrogen-bond acceptors (Lipinski definition) is 3. The van der Waals surface area contributed by atoms with E-state index in [1.165, 1.54) is 0 Å². The lowest BCUT2D eigenvalue weighted by molar-refractivity contribution is -0.704. The summed E-state index contributed by atoms with van der Waals surface area (Å²) in [6.07, 6.45) is 3.81. The lowest BCUT2D eigenvalue weighted by atomic mass is 9.84. The monoisotopic (exact) mass is 407 g/mol. The molecule has 0 unspecified atom stereocenters. The fourth-order valence-corrected chi connectivity index (χ4v) is 3.95. The number of ketones is 2. The normalized spacial score (nSPS) is 13.5. The molecule has 31 heavy (non-hydrogen) atoms. The Morgan fingerprint density at radius 3 is 2.13 bits per heavy atom. The molecule has 5 rings (SSSR count). The van der Waals surface area contributed by atoms with Crippen LogP contribution < -0.4 is 9.88 Å². The van der Waals surface area contributed by atoms with Gasteiger partial charge in [0, 0.05) is 46.3 Å². The van der Waals surface area contributed by atoms with Crippen molar-refractivity contribution in [2.45, 2.75) is 13.0 Å². The van der Waals surface area contributed by atoms with Crippen molar-refractivity contribution in [1.29, 1.82) is 0 Å². The molecule has 0 fully saturated rings. The Bertz CT molecular complexity index is 1390. The summed E-state index contributed by atoms with van der Waals surface area (Å²) in [4.78, 5) is 38.5. The van der Waals surface area contributed by atoms with E-state index in [-0.39, 0.29) is 17.5 Å². The molecule has 1 atom stereocenters. The number of carbonyl (C=O) groups excluding carboxylic acids is 3. The molecule has 5 heteroatoms. The number of pyridine rings is 1. The number of benzene rings is 3. The molecular formula is C26H19N2O3+. The number of carbonyl (C=O) groups is 3. The van der Waals surface area contributed by atoms with Crippen LogP contribution in [-0.2, 0) is 4.79 Å². The van der Waals surface area contributed by atoms with Crippen molar-refractivity contribution in [3.8, 4) is 0 Å². The van der Waals surface area contributed by atoms with Crippen molar-refractivity contribution in [2.24, 2.45) is 0 Å². The lowest BCUT2D eigenvalue weighted by Gasteiger charge is -2.18. The Morgan fingerprint density at radius 2 is 1.39 bits per heavy atom. The highest BCUT2D eigenvalue weighted by Gasteiger charge is 2.30. The highest BCUT2D eigenvalue weighted by Crippen LogP contribution is 2.29. The van der Waals surface area contributed by atoms with Crippen LogP contribution in [0, 0.1) is 0 Å². The highest BCUT2D eigenvalue weighted by molar-refractivity contribution is 6.28. The molecule has 0 spiro atoms. The lowest BCUT2D eigenvalue weighted by Crippen LogP contribution is -2.44. The van der Waals surface area contributed by atoms with Crippen LogP contribution >= 0.6 is 0 Å². The summed E-state index contributed by atoms with van der Waals surface area (Å²) in [5.74, 6) is -0.600. The van der Waals surface area contributed by atoms with Gasteiger partial charge in [0.25, 0.3) is 5.91 Å². The van der Waals surface area contributed by atoms with E-state index in [1.54, 1.807) is 42.5 Å². The van der Waals surface area contributed by atoms with Crippen molar-refractivity contribution in [1.82, 2.24) is 0 Å². The summed E-state index contributed by atoms with van der Waals surface area (Å²) < 4.78 is 1.85. The molecule has 3 aromatic carbocycles. The fourth-order valence-electron chi connectivity index (χ4n) is 3.95. The quantitative estimate of drug-likeness (QED) is 0.458. The van der Waals surface area contributed by atoms with Gasteiger partial charge in [0.1, 0.15) is 0 Å².